The molecule has 0 spiro atoms. The minimum Gasteiger partial charge on any atom is -0.370 e. The van der Waals surface area contributed by atoms with Crippen molar-refractivity contribution in [3.8, 4) is 0 Å². The minimum absolute atomic E-state index is 0.182. The highest BCUT2D eigenvalue weighted by atomic mass is 15.0. The average molecular weight is 131 g/mol. The summed E-state index contributed by atoms with van der Waals surface area (Å²) in [6, 6.07) is 0. The number of hydrogen-bond acceptors (Lipinski definition) is 1. The van der Waals surface area contributed by atoms with Gasteiger partial charge in [-0.15, -0.1) is 0 Å². The number of nitrogens with two attached hydrogens (primary N) is 2. The summed E-state index contributed by atoms with van der Waals surface area (Å²) in [5, 5.41) is 0. The fourth-order valence-corrected chi connectivity index (χ4v) is 0.241. The summed E-state index contributed by atoms with van der Waals surface area (Å²) in [5.41, 5.74) is 10.0. The minimum atomic E-state index is 0.182. The maximum absolute atomic E-state index is 5.01. The third-order valence-corrected chi connectivity index (χ3v) is 0.518. The summed E-state index contributed by atoms with van der Waals surface area (Å²) in [6.07, 6.45) is 0.998. The van der Waals surface area contributed by atoms with Crippen LogP contribution in [0, 0.1) is 0 Å². The van der Waals surface area contributed by atoms with Gasteiger partial charge in [0.1, 0.15) is 0 Å². The smallest absolute Gasteiger partial charge is 0.185 e. The molecule has 9 heavy (non-hydrogen) atoms. The van der Waals surface area contributed by atoms with Crippen molar-refractivity contribution in [2.45, 2.75) is 27.2 Å². The van der Waals surface area contributed by atoms with Crippen LogP contribution in [-0.4, -0.2) is 12.5 Å². The summed E-state index contributed by atoms with van der Waals surface area (Å²) < 4.78 is 0. The second-order valence-corrected chi connectivity index (χ2v) is 1.31. The van der Waals surface area contributed by atoms with E-state index >= 15 is 0 Å². The van der Waals surface area contributed by atoms with Gasteiger partial charge in [0.15, 0.2) is 5.96 Å². The molecule has 0 fully saturated rings. The molecule has 0 aliphatic rings. The van der Waals surface area contributed by atoms with E-state index in [9.17, 15) is 0 Å². The van der Waals surface area contributed by atoms with Crippen molar-refractivity contribution in [2.75, 3.05) is 6.54 Å². The summed E-state index contributed by atoms with van der Waals surface area (Å²) >= 11 is 0. The molecule has 3 heteroatoms. The summed E-state index contributed by atoms with van der Waals surface area (Å²) in [7, 11) is 0. The molecular formula is C6H17N3. The first-order valence-corrected chi connectivity index (χ1v) is 3.32. The molecule has 0 radical (unpaired) electrons. The Labute approximate surface area is 57.1 Å². The fourth-order valence-electron chi connectivity index (χ4n) is 0.241. The Kier molecular flexibility index (Phi) is 12.7. The largest absolute Gasteiger partial charge is 0.370 e. The van der Waals surface area contributed by atoms with Crippen LogP contribution in [0.25, 0.3) is 0 Å². The molecule has 0 aliphatic carbocycles. The van der Waals surface area contributed by atoms with Crippen molar-refractivity contribution in [3.05, 3.63) is 0 Å². The summed E-state index contributed by atoms with van der Waals surface area (Å²) in [6.45, 7) is 6.76. The molecule has 0 unspecified atom stereocenters. The van der Waals surface area contributed by atoms with Crippen molar-refractivity contribution in [2.24, 2.45) is 16.5 Å². The monoisotopic (exact) mass is 131 g/mol. The second-order valence-electron chi connectivity index (χ2n) is 1.31. The molecule has 0 aromatic rings. The average Bonchev–Trinajstić information content (AvgIpc) is 1.88. The van der Waals surface area contributed by atoms with Crippen LogP contribution in [0.2, 0.25) is 0 Å². The lowest BCUT2D eigenvalue weighted by Crippen LogP contribution is -2.22. The third-order valence-electron chi connectivity index (χ3n) is 0.518. The van der Waals surface area contributed by atoms with Crippen molar-refractivity contribution < 1.29 is 0 Å². The Morgan fingerprint density at radius 2 is 1.78 bits per heavy atom. The highest BCUT2D eigenvalue weighted by molar-refractivity contribution is 5.75. The van der Waals surface area contributed by atoms with Gasteiger partial charge in [0.05, 0.1) is 0 Å². The van der Waals surface area contributed by atoms with E-state index in [2.05, 4.69) is 4.99 Å². The van der Waals surface area contributed by atoms with E-state index < -0.39 is 0 Å². The molecule has 56 valence electrons. The zero-order valence-electron chi connectivity index (χ0n) is 6.52. The van der Waals surface area contributed by atoms with Crippen LogP contribution in [0.4, 0.5) is 0 Å². The summed E-state index contributed by atoms with van der Waals surface area (Å²) in [4.78, 5) is 3.72. The molecule has 0 aromatic heterocycles. The van der Waals surface area contributed by atoms with Gasteiger partial charge >= 0.3 is 0 Å². The highest BCUT2D eigenvalue weighted by Gasteiger charge is 1.74. The first kappa shape index (κ1) is 11.1. The van der Waals surface area contributed by atoms with Gasteiger partial charge in [0, 0.05) is 6.54 Å². The Balaban J connectivity index is 0. The van der Waals surface area contributed by atoms with Gasteiger partial charge in [0.2, 0.25) is 0 Å². The van der Waals surface area contributed by atoms with E-state index in [1.807, 2.05) is 20.8 Å². The first-order chi connectivity index (χ1) is 4.27. The molecule has 0 aliphatic heterocycles. The van der Waals surface area contributed by atoms with Gasteiger partial charge in [-0.1, -0.05) is 20.8 Å². The van der Waals surface area contributed by atoms with E-state index in [-0.39, 0.29) is 5.96 Å². The lowest BCUT2D eigenvalue weighted by Gasteiger charge is -1.86. The van der Waals surface area contributed by atoms with Crippen LogP contribution in [0.3, 0.4) is 0 Å². The predicted molar refractivity (Wildman–Crippen MR) is 42.3 cm³/mol. The van der Waals surface area contributed by atoms with Gasteiger partial charge in [-0.05, 0) is 6.42 Å². The van der Waals surface area contributed by atoms with Crippen molar-refractivity contribution in [3.63, 3.8) is 0 Å². The quantitative estimate of drug-likeness (QED) is 0.428. The van der Waals surface area contributed by atoms with Crippen molar-refractivity contribution in [1.29, 1.82) is 0 Å². The van der Waals surface area contributed by atoms with Crippen LogP contribution in [-0.2, 0) is 0 Å². The standard InChI is InChI=1S/C4H11N3.C2H6/c1-2-3-7-4(5)6;1-2/h2-3H2,1H3,(H4,5,6,7);1-2H3. The highest BCUT2D eigenvalue weighted by Crippen LogP contribution is 1.73. The Bertz CT molecular complexity index is 64.7. The molecule has 0 heterocycles. The lowest BCUT2D eigenvalue weighted by molar-refractivity contribution is 0.927. The third kappa shape index (κ3) is 18.9. The Hall–Kier alpha value is -0.730. The van der Waals surface area contributed by atoms with Crippen LogP contribution in [0.5, 0.6) is 0 Å². The summed E-state index contributed by atoms with van der Waals surface area (Å²) in [5.74, 6) is 0.182. The first-order valence-electron chi connectivity index (χ1n) is 3.32. The molecule has 0 saturated heterocycles. The SMILES string of the molecule is CC.CCCN=C(N)N. The molecule has 0 rings (SSSR count). The van der Waals surface area contributed by atoms with Crippen LogP contribution >= 0.6 is 0 Å². The molecule has 0 aromatic carbocycles. The molecular weight excluding hydrogens is 114 g/mol. The van der Waals surface area contributed by atoms with Gasteiger partial charge in [-0.25, -0.2) is 0 Å². The number of hydrogen-bond donors (Lipinski definition) is 2. The van der Waals surface area contributed by atoms with Crippen molar-refractivity contribution >= 4 is 5.96 Å². The lowest BCUT2D eigenvalue weighted by atomic mass is 10.5. The number of guanidine groups is 1. The Morgan fingerprint density at radius 1 is 1.33 bits per heavy atom. The van der Waals surface area contributed by atoms with E-state index in [1.54, 1.807) is 0 Å². The maximum atomic E-state index is 5.01. The van der Waals surface area contributed by atoms with Gasteiger partial charge in [0.25, 0.3) is 0 Å². The molecule has 4 N–H and O–H groups in total. The normalized spacial score (nSPS) is 7.00. The maximum Gasteiger partial charge on any atom is 0.185 e. The Morgan fingerprint density at radius 3 is 1.89 bits per heavy atom. The van der Waals surface area contributed by atoms with Crippen molar-refractivity contribution in [1.82, 2.24) is 0 Å². The van der Waals surface area contributed by atoms with Crippen LogP contribution in [0.15, 0.2) is 4.99 Å². The van der Waals surface area contributed by atoms with Gasteiger partial charge < -0.3 is 11.5 Å². The van der Waals surface area contributed by atoms with Crippen LogP contribution < -0.4 is 11.5 Å². The molecule has 0 bridgehead atoms. The van der Waals surface area contributed by atoms with Gasteiger partial charge in [-0.2, -0.15) is 0 Å². The fraction of sp³-hybridized carbons (Fsp3) is 0.833. The van der Waals surface area contributed by atoms with E-state index in [0.29, 0.717) is 0 Å². The molecule has 3 nitrogen and oxygen atoms in total. The van der Waals surface area contributed by atoms with E-state index in [0.717, 1.165) is 13.0 Å². The predicted octanol–water partition coefficient (Wildman–Crippen LogP) is 0.696. The zero-order chi connectivity index (χ0) is 7.70. The van der Waals surface area contributed by atoms with Crippen LogP contribution in [0.1, 0.15) is 27.2 Å². The topological polar surface area (TPSA) is 64.4 Å². The number of nitrogens with zero attached hydrogens (tertiary/aromatic N) is 1. The zero-order valence-corrected chi connectivity index (χ0v) is 6.52. The number of aliphatic imine (C=N–C) groups is 1. The molecule has 0 amide bonds. The molecule has 0 saturated carbocycles. The second kappa shape index (κ2) is 10.3. The number of rotatable bonds is 2. The van der Waals surface area contributed by atoms with E-state index in [1.165, 1.54) is 0 Å². The van der Waals surface area contributed by atoms with Gasteiger partial charge in [-0.3, -0.25) is 4.99 Å². The molecule has 0 atom stereocenters. The van der Waals surface area contributed by atoms with E-state index in [4.69, 9.17) is 11.5 Å².